The second-order valence-corrected chi connectivity index (χ2v) is 4.46. The van der Waals surface area contributed by atoms with Gasteiger partial charge in [0.1, 0.15) is 0 Å². The highest BCUT2D eigenvalue weighted by molar-refractivity contribution is 5.84. The topological polar surface area (TPSA) is 37.3 Å². The van der Waals surface area contributed by atoms with Crippen molar-refractivity contribution >= 4 is 5.97 Å². The predicted octanol–water partition coefficient (Wildman–Crippen LogP) is 3.90. The Morgan fingerprint density at radius 1 is 1.47 bits per heavy atom. The van der Waals surface area contributed by atoms with Gasteiger partial charge in [0.2, 0.25) is 0 Å². The van der Waals surface area contributed by atoms with E-state index in [4.69, 9.17) is 5.11 Å². The molecule has 2 bridgehead atoms. The molecular formula is C12H15F3O2. The van der Waals surface area contributed by atoms with E-state index in [-0.39, 0.29) is 0 Å². The fourth-order valence-electron chi connectivity index (χ4n) is 2.37. The van der Waals surface area contributed by atoms with Crippen molar-refractivity contribution in [2.24, 2.45) is 11.3 Å². The number of hydrogen-bond acceptors (Lipinski definition) is 1. The first kappa shape index (κ1) is 13.8. The van der Waals surface area contributed by atoms with Crippen LogP contribution >= 0.6 is 0 Å². The summed E-state index contributed by atoms with van der Waals surface area (Å²) in [6.45, 7) is 2.32. The third-order valence-corrected chi connectivity index (χ3v) is 3.46. The van der Waals surface area contributed by atoms with Crippen LogP contribution in [0.3, 0.4) is 0 Å². The van der Waals surface area contributed by atoms with Gasteiger partial charge in [0.15, 0.2) is 0 Å². The zero-order valence-electron chi connectivity index (χ0n) is 9.55. The molecule has 1 saturated carbocycles. The molecule has 2 nitrogen and oxygen atoms in total. The molecule has 2 aliphatic carbocycles. The molecule has 0 aromatic rings. The molecule has 0 aromatic carbocycles. The van der Waals surface area contributed by atoms with Crippen molar-refractivity contribution < 1.29 is 23.1 Å². The van der Waals surface area contributed by atoms with Crippen molar-refractivity contribution in [1.82, 2.24) is 0 Å². The van der Waals surface area contributed by atoms with Gasteiger partial charge >= 0.3 is 12.0 Å². The van der Waals surface area contributed by atoms with Crippen LogP contribution in [0.1, 0.15) is 32.6 Å². The Morgan fingerprint density at radius 2 is 2.12 bits per heavy atom. The van der Waals surface area contributed by atoms with Gasteiger partial charge in [-0.3, -0.25) is 0 Å². The molecule has 0 heterocycles. The minimum absolute atomic E-state index is 0.671. The summed E-state index contributed by atoms with van der Waals surface area (Å²) < 4.78 is 32.8. The maximum atomic E-state index is 11.2. The molecule has 5 heteroatoms. The van der Waals surface area contributed by atoms with Crippen LogP contribution in [0.25, 0.3) is 0 Å². The fourth-order valence-corrected chi connectivity index (χ4v) is 2.37. The maximum absolute atomic E-state index is 11.2. The number of fused-ring (bicyclic) bond motifs is 2. The zero-order valence-corrected chi connectivity index (χ0v) is 9.55. The van der Waals surface area contributed by atoms with Crippen LogP contribution in [0.15, 0.2) is 24.1 Å². The molecular weight excluding hydrogens is 233 g/mol. The molecule has 2 aliphatic rings. The van der Waals surface area contributed by atoms with Gasteiger partial charge in [-0.05, 0) is 37.0 Å². The zero-order chi connectivity index (χ0) is 13.1. The second-order valence-electron chi connectivity index (χ2n) is 4.46. The van der Waals surface area contributed by atoms with Crippen LogP contribution < -0.4 is 0 Å². The summed E-state index contributed by atoms with van der Waals surface area (Å²) in [5.41, 5.74) is 0.671. The van der Waals surface area contributed by atoms with Crippen molar-refractivity contribution in [3.63, 3.8) is 0 Å². The van der Waals surface area contributed by atoms with E-state index in [1.807, 2.05) is 0 Å². The Labute approximate surface area is 97.8 Å². The highest BCUT2D eigenvalue weighted by Crippen LogP contribution is 2.50. The molecule has 2 rings (SSSR count). The number of allylic oxidation sites excluding steroid dienone is 2. The van der Waals surface area contributed by atoms with E-state index in [0.29, 0.717) is 5.41 Å². The summed E-state index contributed by atoms with van der Waals surface area (Å²) in [5.74, 6) is -3.68. The van der Waals surface area contributed by atoms with Gasteiger partial charge in [-0.15, -0.1) is 0 Å². The van der Waals surface area contributed by atoms with E-state index in [9.17, 15) is 18.0 Å². The number of halogens is 3. The third-order valence-electron chi connectivity index (χ3n) is 3.46. The summed E-state index contributed by atoms with van der Waals surface area (Å²) in [6, 6.07) is 0. The van der Waals surface area contributed by atoms with Crippen LogP contribution in [0.4, 0.5) is 13.2 Å². The number of hydrogen-bond donors (Lipinski definition) is 1. The van der Waals surface area contributed by atoms with Crippen molar-refractivity contribution in [3.05, 3.63) is 24.1 Å². The Kier molecular flexibility index (Phi) is 4.37. The molecule has 2 atom stereocenters. The van der Waals surface area contributed by atoms with Crippen LogP contribution in [0.5, 0.6) is 0 Å². The standard InChI is InChI=1S/C9H14.C3HF3O2/c1-2-9-5-3-8(7-9)4-6-9;4-1(2(5)6)3(7)8/h3,5,8H,2,4,6-7H2,1H3;(H,7,8). The Balaban J connectivity index is 0.000000172. The van der Waals surface area contributed by atoms with Crippen molar-refractivity contribution in [1.29, 1.82) is 0 Å². The van der Waals surface area contributed by atoms with Gasteiger partial charge in [-0.1, -0.05) is 19.1 Å². The second kappa shape index (κ2) is 5.38. The van der Waals surface area contributed by atoms with Crippen molar-refractivity contribution in [3.8, 4) is 0 Å². The molecule has 2 unspecified atom stereocenters. The van der Waals surface area contributed by atoms with Crippen molar-refractivity contribution in [2.45, 2.75) is 32.6 Å². The van der Waals surface area contributed by atoms with Crippen LogP contribution in [0, 0.1) is 11.3 Å². The predicted molar refractivity (Wildman–Crippen MR) is 57.2 cm³/mol. The normalized spacial score (nSPS) is 28.6. The van der Waals surface area contributed by atoms with E-state index in [0.717, 1.165) is 5.92 Å². The van der Waals surface area contributed by atoms with Gasteiger partial charge in [-0.25, -0.2) is 4.79 Å². The van der Waals surface area contributed by atoms with Crippen molar-refractivity contribution in [2.75, 3.05) is 0 Å². The minimum atomic E-state index is -2.81. The van der Waals surface area contributed by atoms with Crippen LogP contribution in [0.2, 0.25) is 0 Å². The van der Waals surface area contributed by atoms with Gasteiger partial charge in [0.05, 0.1) is 0 Å². The van der Waals surface area contributed by atoms with E-state index in [1.54, 1.807) is 0 Å². The van der Waals surface area contributed by atoms with Gasteiger partial charge in [-0.2, -0.15) is 13.2 Å². The number of rotatable bonds is 2. The fraction of sp³-hybridized carbons (Fsp3) is 0.583. The lowest BCUT2D eigenvalue weighted by Gasteiger charge is -2.19. The quantitative estimate of drug-likeness (QED) is 0.594. The van der Waals surface area contributed by atoms with Gasteiger partial charge < -0.3 is 5.11 Å². The van der Waals surface area contributed by atoms with Gasteiger partial charge in [0.25, 0.3) is 5.83 Å². The molecule has 17 heavy (non-hydrogen) atoms. The summed E-state index contributed by atoms with van der Waals surface area (Å²) in [5, 5.41) is 7.44. The Hall–Kier alpha value is -1.26. The highest BCUT2D eigenvalue weighted by Gasteiger charge is 2.38. The largest absolute Gasteiger partial charge is 0.476 e. The molecule has 0 saturated heterocycles. The summed E-state index contributed by atoms with van der Waals surface area (Å²) in [7, 11) is 0. The maximum Gasteiger partial charge on any atom is 0.370 e. The lowest BCUT2D eigenvalue weighted by atomic mass is 9.85. The minimum Gasteiger partial charge on any atom is -0.476 e. The average Bonchev–Trinajstić information content (AvgIpc) is 2.89. The molecule has 96 valence electrons. The lowest BCUT2D eigenvalue weighted by Crippen LogP contribution is -2.08. The molecule has 1 fully saturated rings. The Morgan fingerprint density at radius 3 is 2.24 bits per heavy atom. The molecule has 0 spiro atoms. The molecule has 1 N–H and O–H groups in total. The monoisotopic (exact) mass is 248 g/mol. The summed E-state index contributed by atoms with van der Waals surface area (Å²) >= 11 is 0. The summed E-state index contributed by atoms with van der Waals surface area (Å²) in [4.78, 5) is 9.23. The number of carbonyl (C=O) groups is 1. The number of aliphatic carboxylic acids is 1. The first-order valence-electron chi connectivity index (χ1n) is 5.53. The molecule has 0 aromatic heterocycles. The summed E-state index contributed by atoms with van der Waals surface area (Å²) in [6.07, 6.45) is 7.82. The van der Waals surface area contributed by atoms with Crippen LogP contribution in [-0.2, 0) is 4.79 Å². The van der Waals surface area contributed by atoms with E-state index in [2.05, 4.69) is 19.1 Å². The smallest absolute Gasteiger partial charge is 0.370 e. The number of carboxylic acid groups (broad SMARTS) is 1. The number of carboxylic acids is 1. The molecule has 0 radical (unpaired) electrons. The first-order chi connectivity index (χ1) is 7.90. The average molecular weight is 248 g/mol. The SMILES string of the molecule is CCC12C=CC(CC1)C2.O=C(O)C(F)=C(F)F. The van der Waals surface area contributed by atoms with Gasteiger partial charge in [0, 0.05) is 0 Å². The lowest BCUT2D eigenvalue weighted by molar-refractivity contribution is -0.134. The van der Waals surface area contributed by atoms with E-state index >= 15 is 0 Å². The third kappa shape index (κ3) is 3.35. The molecule has 0 amide bonds. The van der Waals surface area contributed by atoms with Crippen LogP contribution in [-0.4, -0.2) is 11.1 Å². The molecule has 0 aliphatic heterocycles. The van der Waals surface area contributed by atoms with E-state index in [1.165, 1.54) is 25.7 Å². The highest BCUT2D eigenvalue weighted by atomic mass is 19.3. The Bertz CT molecular complexity index is 359. The first-order valence-corrected chi connectivity index (χ1v) is 5.53. The van der Waals surface area contributed by atoms with E-state index < -0.39 is 17.9 Å².